The molecule has 0 bridgehead atoms. The van der Waals surface area contributed by atoms with E-state index in [0.29, 0.717) is 11.2 Å². The molecule has 40 heavy (non-hydrogen) atoms. The summed E-state index contributed by atoms with van der Waals surface area (Å²) < 4.78 is 22.2. The number of hydrogen-bond donors (Lipinski definition) is 2. The van der Waals surface area contributed by atoms with Crippen molar-refractivity contribution in [2.75, 3.05) is 31.6 Å². The predicted molar refractivity (Wildman–Crippen MR) is 153 cm³/mol. The fourth-order valence-corrected chi connectivity index (χ4v) is 5.90. The standard InChI is InChI=1S/C31H37FN4O4/c1-2-40-29(37)17-33-31(39)25-20-36(23-13-14-35(19-23)18-21-9-5-3-6-10-21)28-16-27(26(32)15-24(28)30(25)38)34-22-11-7-4-8-12-22/h3,5-6,9-10,15-16,20,22-23,34H,2,4,7-8,11-14,17-19H2,1H3,(H,33,39). The van der Waals surface area contributed by atoms with Crippen molar-refractivity contribution in [3.05, 3.63) is 75.8 Å². The zero-order valence-corrected chi connectivity index (χ0v) is 23.0. The molecular formula is C31H37FN4O4. The van der Waals surface area contributed by atoms with Crippen LogP contribution in [0.4, 0.5) is 10.1 Å². The molecule has 1 unspecified atom stereocenters. The van der Waals surface area contributed by atoms with Gasteiger partial charge in [0, 0.05) is 43.3 Å². The van der Waals surface area contributed by atoms with E-state index in [1.165, 1.54) is 18.1 Å². The highest BCUT2D eigenvalue weighted by atomic mass is 19.1. The summed E-state index contributed by atoms with van der Waals surface area (Å²) >= 11 is 0. The lowest BCUT2D eigenvalue weighted by molar-refractivity contribution is -0.141. The maximum absolute atomic E-state index is 15.4. The molecule has 8 nitrogen and oxygen atoms in total. The maximum Gasteiger partial charge on any atom is 0.325 e. The number of carbonyl (C=O) groups is 2. The number of anilines is 1. The first-order valence-electron chi connectivity index (χ1n) is 14.3. The van der Waals surface area contributed by atoms with Crippen molar-refractivity contribution in [1.29, 1.82) is 0 Å². The summed E-state index contributed by atoms with van der Waals surface area (Å²) in [6, 6.07) is 13.4. The zero-order valence-electron chi connectivity index (χ0n) is 23.0. The number of carbonyl (C=O) groups excluding carboxylic acids is 2. The van der Waals surface area contributed by atoms with E-state index in [-0.39, 0.29) is 36.2 Å². The third-order valence-corrected chi connectivity index (χ3v) is 7.92. The van der Waals surface area contributed by atoms with E-state index < -0.39 is 23.1 Å². The first-order chi connectivity index (χ1) is 19.4. The van der Waals surface area contributed by atoms with E-state index in [4.69, 9.17) is 4.74 Å². The van der Waals surface area contributed by atoms with Crippen LogP contribution in [0.2, 0.25) is 0 Å². The van der Waals surface area contributed by atoms with Gasteiger partial charge in [-0.25, -0.2) is 4.39 Å². The Labute approximate surface area is 233 Å². The first kappa shape index (κ1) is 27.8. The molecule has 0 radical (unpaired) electrons. The van der Waals surface area contributed by atoms with Gasteiger partial charge in [-0.15, -0.1) is 0 Å². The number of nitrogens with zero attached hydrogens (tertiary/aromatic N) is 2. The number of nitrogens with one attached hydrogen (secondary N) is 2. The molecule has 5 rings (SSSR count). The Bertz CT molecular complexity index is 1420. The fraction of sp³-hybridized carbons (Fsp3) is 0.452. The van der Waals surface area contributed by atoms with Crippen LogP contribution < -0.4 is 16.1 Å². The third-order valence-electron chi connectivity index (χ3n) is 7.92. The van der Waals surface area contributed by atoms with Crippen molar-refractivity contribution in [3.8, 4) is 0 Å². The second-order valence-corrected chi connectivity index (χ2v) is 10.8. The predicted octanol–water partition coefficient (Wildman–Crippen LogP) is 4.63. The van der Waals surface area contributed by atoms with Crippen molar-refractivity contribution in [2.24, 2.45) is 0 Å². The number of aromatic nitrogens is 1. The zero-order chi connectivity index (χ0) is 28.1. The summed E-state index contributed by atoms with van der Waals surface area (Å²) in [5.74, 6) is -1.78. The monoisotopic (exact) mass is 548 g/mol. The Morgan fingerprint density at radius 2 is 1.85 bits per heavy atom. The van der Waals surface area contributed by atoms with Crippen LogP contribution in [0.3, 0.4) is 0 Å². The third kappa shape index (κ3) is 6.36. The number of amides is 1. The molecule has 2 N–H and O–H groups in total. The smallest absolute Gasteiger partial charge is 0.325 e. The maximum atomic E-state index is 15.4. The number of pyridine rings is 1. The molecule has 2 fully saturated rings. The molecule has 1 saturated heterocycles. The van der Waals surface area contributed by atoms with Crippen LogP contribution >= 0.6 is 0 Å². The number of ether oxygens (including phenoxy) is 1. The molecule has 3 aromatic rings. The summed E-state index contributed by atoms with van der Waals surface area (Å²) in [6.07, 6.45) is 7.78. The van der Waals surface area contributed by atoms with Gasteiger partial charge in [-0.1, -0.05) is 49.6 Å². The lowest BCUT2D eigenvalue weighted by Crippen LogP contribution is -2.34. The summed E-state index contributed by atoms with van der Waals surface area (Å²) in [5.41, 5.74) is 1.51. The number of halogens is 1. The minimum atomic E-state index is -0.683. The lowest BCUT2D eigenvalue weighted by atomic mass is 9.95. The average Bonchev–Trinajstić information content (AvgIpc) is 3.42. The van der Waals surface area contributed by atoms with Crippen LogP contribution in [-0.4, -0.2) is 53.6 Å². The molecule has 2 aromatic carbocycles. The van der Waals surface area contributed by atoms with Gasteiger partial charge in [-0.3, -0.25) is 19.3 Å². The summed E-state index contributed by atoms with van der Waals surface area (Å²) in [5, 5.41) is 6.01. The second-order valence-electron chi connectivity index (χ2n) is 10.8. The van der Waals surface area contributed by atoms with Crippen LogP contribution in [0.15, 0.2) is 53.5 Å². The highest BCUT2D eigenvalue weighted by Crippen LogP contribution is 2.31. The van der Waals surface area contributed by atoms with Gasteiger partial charge in [0.25, 0.3) is 5.91 Å². The van der Waals surface area contributed by atoms with Gasteiger partial charge in [-0.05, 0) is 43.9 Å². The highest BCUT2D eigenvalue weighted by Gasteiger charge is 2.28. The lowest BCUT2D eigenvalue weighted by Gasteiger charge is -2.25. The van der Waals surface area contributed by atoms with Gasteiger partial charge in [0.05, 0.1) is 17.8 Å². The molecule has 1 aliphatic heterocycles. The SMILES string of the molecule is CCOC(=O)CNC(=O)c1cn(C2CCN(Cc3ccccc3)C2)c2cc(NC3CCCCC3)c(F)cc2c1=O. The number of hydrogen-bond acceptors (Lipinski definition) is 6. The summed E-state index contributed by atoms with van der Waals surface area (Å²) in [7, 11) is 0. The normalized spacial score (nSPS) is 18.1. The topological polar surface area (TPSA) is 92.7 Å². The van der Waals surface area contributed by atoms with Crippen LogP contribution in [0.25, 0.3) is 10.9 Å². The summed E-state index contributed by atoms with van der Waals surface area (Å²) in [6.45, 7) is 3.89. The largest absolute Gasteiger partial charge is 0.465 e. The van der Waals surface area contributed by atoms with Crippen molar-refractivity contribution < 1.29 is 18.7 Å². The number of benzene rings is 2. The van der Waals surface area contributed by atoms with Gasteiger partial charge < -0.3 is 19.9 Å². The van der Waals surface area contributed by atoms with E-state index in [0.717, 1.165) is 51.7 Å². The highest BCUT2D eigenvalue weighted by molar-refractivity contribution is 5.99. The number of fused-ring (bicyclic) bond motifs is 1. The average molecular weight is 549 g/mol. The fourth-order valence-electron chi connectivity index (χ4n) is 5.90. The van der Waals surface area contributed by atoms with E-state index in [1.54, 1.807) is 19.2 Å². The van der Waals surface area contributed by atoms with Gasteiger partial charge in [0.2, 0.25) is 5.43 Å². The van der Waals surface area contributed by atoms with Crippen LogP contribution in [0.5, 0.6) is 0 Å². The first-order valence-corrected chi connectivity index (χ1v) is 14.3. The Balaban J connectivity index is 1.49. The van der Waals surface area contributed by atoms with Crippen molar-refractivity contribution in [3.63, 3.8) is 0 Å². The van der Waals surface area contributed by atoms with Gasteiger partial charge in [0.1, 0.15) is 17.9 Å². The van der Waals surface area contributed by atoms with Gasteiger partial charge in [0.15, 0.2) is 0 Å². The molecular weight excluding hydrogens is 511 g/mol. The number of esters is 1. The van der Waals surface area contributed by atoms with Crippen LogP contribution in [0, 0.1) is 5.82 Å². The molecule has 1 saturated carbocycles. The second kappa shape index (κ2) is 12.6. The molecule has 1 atom stereocenters. The van der Waals surface area contributed by atoms with E-state index >= 15 is 4.39 Å². The minimum Gasteiger partial charge on any atom is -0.465 e. The van der Waals surface area contributed by atoms with Crippen LogP contribution in [-0.2, 0) is 16.1 Å². The van der Waals surface area contributed by atoms with E-state index in [1.807, 2.05) is 22.8 Å². The Morgan fingerprint density at radius 1 is 1.07 bits per heavy atom. The molecule has 212 valence electrons. The molecule has 9 heteroatoms. The molecule has 2 aliphatic rings. The molecule has 1 aromatic heterocycles. The van der Waals surface area contributed by atoms with Crippen molar-refractivity contribution >= 4 is 28.5 Å². The Kier molecular flexibility index (Phi) is 8.79. The van der Waals surface area contributed by atoms with Crippen LogP contribution in [0.1, 0.15) is 67.4 Å². The molecule has 1 aliphatic carbocycles. The summed E-state index contributed by atoms with van der Waals surface area (Å²) in [4.78, 5) is 40.7. The van der Waals surface area contributed by atoms with Crippen molar-refractivity contribution in [1.82, 2.24) is 14.8 Å². The number of likely N-dealkylation sites (tertiary alicyclic amines) is 1. The van der Waals surface area contributed by atoms with Gasteiger partial charge >= 0.3 is 5.97 Å². The minimum absolute atomic E-state index is 0.0172. The molecule has 0 spiro atoms. The Hall–Kier alpha value is -3.72. The molecule has 2 heterocycles. The number of rotatable bonds is 9. The van der Waals surface area contributed by atoms with Gasteiger partial charge in [-0.2, -0.15) is 0 Å². The van der Waals surface area contributed by atoms with E-state index in [2.05, 4.69) is 27.7 Å². The molecule has 1 amide bonds. The Morgan fingerprint density at radius 3 is 2.60 bits per heavy atom. The van der Waals surface area contributed by atoms with E-state index in [9.17, 15) is 14.4 Å². The van der Waals surface area contributed by atoms with Crippen molar-refractivity contribution in [2.45, 2.75) is 64.1 Å². The quantitative estimate of drug-likeness (QED) is 0.379.